The third-order valence-electron chi connectivity index (χ3n) is 14.9. The summed E-state index contributed by atoms with van der Waals surface area (Å²) in [6, 6.07) is 84.1. The Kier molecular flexibility index (Phi) is 9.95. The third kappa shape index (κ3) is 7.23. The average molecular weight is 879 g/mol. The van der Waals surface area contributed by atoms with E-state index in [0.717, 1.165) is 12.8 Å². The van der Waals surface area contributed by atoms with Crippen molar-refractivity contribution in [1.82, 2.24) is 0 Å². The summed E-state index contributed by atoms with van der Waals surface area (Å²) in [5.74, 6) is 0.395. The van der Waals surface area contributed by atoms with Gasteiger partial charge in [-0.15, -0.1) is 0 Å². The van der Waals surface area contributed by atoms with E-state index < -0.39 is 0 Å². The molecule has 0 saturated heterocycles. The summed E-state index contributed by atoms with van der Waals surface area (Å²) in [4.78, 5) is 0. The quantitative estimate of drug-likeness (QED) is 0.140. The Labute approximate surface area is 404 Å². The minimum atomic E-state index is 0.395. The number of aryl methyl sites for hydroxylation is 1. The Morgan fingerprint density at radius 2 is 0.623 bits per heavy atom. The maximum absolute atomic E-state index is 2.42. The fourth-order valence-corrected chi connectivity index (χ4v) is 11.2. The molecule has 13 rings (SSSR count). The molecule has 0 unspecified atom stereocenters. The molecule has 12 aromatic rings. The van der Waals surface area contributed by atoms with Crippen LogP contribution in [0.15, 0.2) is 231 Å². The normalized spacial score (nSPS) is 12.4. The molecular weight excluding hydrogens is 829 g/mol. The van der Waals surface area contributed by atoms with Crippen LogP contribution in [0.2, 0.25) is 0 Å². The van der Waals surface area contributed by atoms with E-state index in [1.54, 1.807) is 0 Å². The van der Waals surface area contributed by atoms with Crippen LogP contribution in [0.1, 0.15) is 42.9 Å². The van der Waals surface area contributed by atoms with Gasteiger partial charge in [0.05, 0.1) is 0 Å². The zero-order chi connectivity index (χ0) is 46.0. The molecule has 0 amide bonds. The van der Waals surface area contributed by atoms with Gasteiger partial charge in [0.1, 0.15) is 0 Å². The van der Waals surface area contributed by atoms with E-state index in [0.29, 0.717) is 5.92 Å². The molecule has 1 aliphatic carbocycles. The van der Waals surface area contributed by atoms with Gasteiger partial charge in [-0.2, -0.15) is 0 Å². The van der Waals surface area contributed by atoms with Crippen LogP contribution in [-0.2, 0) is 6.42 Å². The lowest BCUT2D eigenvalue weighted by Gasteiger charge is -2.19. The second-order valence-electron chi connectivity index (χ2n) is 19.3. The molecule has 0 aliphatic heterocycles. The van der Waals surface area contributed by atoms with Gasteiger partial charge in [0, 0.05) is 0 Å². The summed E-state index contributed by atoms with van der Waals surface area (Å²) < 4.78 is 0. The van der Waals surface area contributed by atoms with E-state index in [9.17, 15) is 0 Å². The highest BCUT2D eigenvalue weighted by Crippen LogP contribution is 2.42. The number of benzene rings is 12. The summed E-state index contributed by atoms with van der Waals surface area (Å²) in [6.45, 7) is 4.59. The molecule has 0 aromatic heterocycles. The van der Waals surface area contributed by atoms with Crippen molar-refractivity contribution in [2.24, 2.45) is 0 Å². The smallest absolute Gasteiger partial charge is 0.00928 e. The summed E-state index contributed by atoms with van der Waals surface area (Å²) in [6.07, 6.45) is 6.87. The summed E-state index contributed by atoms with van der Waals surface area (Å²) >= 11 is 0. The van der Waals surface area contributed by atoms with E-state index in [2.05, 4.69) is 250 Å². The highest BCUT2D eigenvalue weighted by molar-refractivity contribution is 6.25. The van der Waals surface area contributed by atoms with Gasteiger partial charge in [-0.05, 0) is 192 Å². The maximum atomic E-state index is 2.42. The van der Waals surface area contributed by atoms with E-state index >= 15 is 0 Å². The first-order valence-electron chi connectivity index (χ1n) is 24.6. The number of fused-ring (bicyclic) bond motifs is 12. The molecule has 1 aliphatic rings. The Bertz CT molecular complexity index is 3960. The van der Waals surface area contributed by atoms with Gasteiger partial charge < -0.3 is 0 Å². The van der Waals surface area contributed by atoms with Crippen molar-refractivity contribution in [3.05, 3.63) is 247 Å². The summed E-state index contributed by atoms with van der Waals surface area (Å²) in [5, 5.41) is 13.2. The second kappa shape index (κ2) is 16.8. The van der Waals surface area contributed by atoms with Gasteiger partial charge >= 0.3 is 0 Å². The van der Waals surface area contributed by atoms with Crippen molar-refractivity contribution in [2.45, 2.75) is 32.6 Å². The number of hydrogen-bond donors (Lipinski definition) is 0. The molecule has 12 aromatic carbocycles. The molecule has 0 N–H and O–H groups in total. The molecule has 0 heterocycles. The second-order valence-corrected chi connectivity index (χ2v) is 19.3. The van der Waals surface area contributed by atoms with Gasteiger partial charge in [-0.3, -0.25) is 0 Å². The van der Waals surface area contributed by atoms with Gasteiger partial charge in [0.25, 0.3) is 0 Å². The summed E-state index contributed by atoms with van der Waals surface area (Å²) in [7, 11) is 0. The zero-order valence-corrected chi connectivity index (χ0v) is 39.0. The van der Waals surface area contributed by atoms with Crippen molar-refractivity contribution in [3.63, 3.8) is 0 Å². The highest BCUT2D eigenvalue weighted by Gasteiger charge is 2.17. The van der Waals surface area contributed by atoms with Crippen LogP contribution in [0.5, 0.6) is 0 Å². The van der Waals surface area contributed by atoms with E-state index in [4.69, 9.17) is 0 Å². The van der Waals surface area contributed by atoms with Gasteiger partial charge in [-0.25, -0.2) is 0 Å². The van der Waals surface area contributed by atoms with Crippen molar-refractivity contribution in [2.75, 3.05) is 0 Å². The van der Waals surface area contributed by atoms with Crippen molar-refractivity contribution < 1.29 is 0 Å². The topological polar surface area (TPSA) is 0 Å². The lowest BCUT2D eigenvalue weighted by molar-refractivity contribution is 0.867. The van der Waals surface area contributed by atoms with Crippen molar-refractivity contribution in [3.8, 4) is 66.8 Å². The Morgan fingerprint density at radius 1 is 0.275 bits per heavy atom. The lowest BCUT2D eigenvalue weighted by atomic mass is 9.85. The fraction of sp³-hybridized carbons (Fsp3) is 0.0725. The number of allylic oxidation sites excluding steroid dienone is 1. The first-order valence-corrected chi connectivity index (χ1v) is 24.6. The number of rotatable bonds is 7. The molecule has 0 atom stereocenters. The van der Waals surface area contributed by atoms with Crippen molar-refractivity contribution >= 4 is 59.9 Å². The minimum absolute atomic E-state index is 0.395. The zero-order valence-electron chi connectivity index (χ0n) is 39.0. The van der Waals surface area contributed by atoms with Crippen LogP contribution in [-0.4, -0.2) is 0 Å². The predicted molar refractivity (Wildman–Crippen MR) is 298 cm³/mol. The molecule has 0 nitrogen and oxygen atoms in total. The van der Waals surface area contributed by atoms with Crippen LogP contribution in [0, 0.1) is 0 Å². The molecule has 0 fully saturated rings. The van der Waals surface area contributed by atoms with Gasteiger partial charge in [0.2, 0.25) is 0 Å². The van der Waals surface area contributed by atoms with Crippen LogP contribution >= 0.6 is 0 Å². The number of hydrogen-bond acceptors (Lipinski definition) is 0. The van der Waals surface area contributed by atoms with Crippen molar-refractivity contribution in [1.29, 1.82) is 0 Å². The minimum Gasteiger partial charge on any atom is -0.0836 e. The van der Waals surface area contributed by atoms with Gasteiger partial charge in [0.15, 0.2) is 0 Å². The molecule has 0 radical (unpaired) electrons. The molecule has 0 bridgehead atoms. The molecular formula is C69H50. The van der Waals surface area contributed by atoms with E-state index in [1.165, 1.54) is 137 Å². The SMILES string of the molecule is CC(C)c1cc(-c2ccc(-c3ccc(-c4cc(-c5ccccc5)cc(-c5ccc6c7c(c8ccccc8c6c5)CCC=C7)c4)cc3)cc2)cc(-c2ccc3c4ccccc4c4ccccc4c3c2)c1. The van der Waals surface area contributed by atoms with E-state index in [-0.39, 0.29) is 0 Å². The Hall–Kier alpha value is -8.32. The largest absolute Gasteiger partial charge is 0.0836 e. The first-order chi connectivity index (χ1) is 34.0. The molecule has 326 valence electrons. The Balaban J connectivity index is 0.838. The summed E-state index contributed by atoms with van der Waals surface area (Å²) in [5.41, 5.74) is 18.9. The molecule has 69 heavy (non-hydrogen) atoms. The lowest BCUT2D eigenvalue weighted by Crippen LogP contribution is -1.98. The third-order valence-corrected chi connectivity index (χ3v) is 14.9. The predicted octanol–water partition coefficient (Wildman–Crippen LogP) is 19.5. The molecule has 0 heteroatoms. The molecule has 0 spiro atoms. The average Bonchev–Trinajstić information content (AvgIpc) is 3.43. The first kappa shape index (κ1) is 40.9. The van der Waals surface area contributed by atoms with Crippen LogP contribution in [0.4, 0.5) is 0 Å². The van der Waals surface area contributed by atoms with Gasteiger partial charge in [-0.1, -0.05) is 214 Å². The molecule has 0 saturated carbocycles. The van der Waals surface area contributed by atoms with Crippen LogP contribution in [0.3, 0.4) is 0 Å². The van der Waals surface area contributed by atoms with Crippen LogP contribution in [0.25, 0.3) is 127 Å². The highest BCUT2D eigenvalue weighted by atomic mass is 14.2. The maximum Gasteiger partial charge on any atom is -0.00928 e. The van der Waals surface area contributed by atoms with E-state index in [1.807, 2.05) is 0 Å². The Morgan fingerprint density at radius 3 is 1.14 bits per heavy atom. The fourth-order valence-electron chi connectivity index (χ4n) is 11.2. The monoisotopic (exact) mass is 878 g/mol. The standard InChI is InChI=1S/C69H50/c1-44(2)52-36-53(39-56(37-52)50-32-34-66-62-20-8-6-16-58(62)60-18-10-12-22-64(60)68(66)42-50)48-28-24-46(25-29-48)47-26-30-49(31-27-47)55-38-54(45-14-4-3-5-15-45)40-57(41-55)51-33-35-67-63-21-9-7-17-59(63)61-19-11-13-23-65(61)69(67)43-51/h3-6,8-16,18-44H,7,17H2,1-2H3. The van der Waals surface area contributed by atoms with Crippen LogP contribution < -0.4 is 0 Å².